The van der Waals surface area contributed by atoms with E-state index in [-0.39, 0.29) is 5.56 Å². The van der Waals surface area contributed by atoms with E-state index < -0.39 is 24.5 Å². The number of ether oxygens (including phenoxy) is 2. The van der Waals surface area contributed by atoms with Gasteiger partial charge in [0, 0.05) is 6.42 Å². The molecule has 0 saturated carbocycles. The largest absolute Gasteiger partial charge is 0.496 e. The van der Waals surface area contributed by atoms with Crippen LogP contribution in [-0.4, -0.2) is 36.3 Å². The maximum absolute atomic E-state index is 12.9. The highest BCUT2D eigenvalue weighted by atomic mass is 16.5. The number of amides is 1. The molecule has 1 aliphatic rings. The molecule has 0 spiro atoms. The molecule has 0 bridgehead atoms. The number of aryl methyl sites for hydroxylation is 1. The molecule has 158 valence electrons. The van der Waals surface area contributed by atoms with Crippen LogP contribution in [0, 0.1) is 6.92 Å². The average molecular weight is 418 g/mol. The third kappa shape index (κ3) is 4.35. The van der Waals surface area contributed by atoms with Crippen LogP contribution in [-0.2, 0) is 9.53 Å². The van der Waals surface area contributed by atoms with E-state index in [1.807, 2.05) is 31.2 Å². The second-order valence-electron chi connectivity index (χ2n) is 7.16. The van der Waals surface area contributed by atoms with Crippen LogP contribution in [0.1, 0.15) is 39.7 Å². The zero-order valence-electron chi connectivity index (χ0n) is 17.3. The number of hydrogen-bond acceptors (Lipinski definition) is 6. The van der Waals surface area contributed by atoms with Gasteiger partial charge in [-0.2, -0.15) is 5.10 Å². The smallest absolute Gasteiger partial charge is 0.342 e. The lowest BCUT2D eigenvalue weighted by Gasteiger charge is -2.19. The summed E-state index contributed by atoms with van der Waals surface area (Å²) in [7, 11) is 1.47. The third-order valence-electron chi connectivity index (χ3n) is 5.08. The topological polar surface area (TPSA) is 81.3 Å². The lowest BCUT2D eigenvalue weighted by atomic mass is 10.0. The van der Waals surface area contributed by atoms with E-state index in [2.05, 4.69) is 5.10 Å². The van der Waals surface area contributed by atoms with Crippen LogP contribution in [0.3, 0.4) is 0 Å². The number of para-hydroxylation sites is 1. The van der Waals surface area contributed by atoms with Gasteiger partial charge in [-0.05, 0) is 36.8 Å². The monoisotopic (exact) mass is 418 g/mol. The zero-order chi connectivity index (χ0) is 21.8. The van der Waals surface area contributed by atoms with Crippen molar-refractivity contribution in [3.05, 3.63) is 89.4 Å². The molecule has 1 aromatic heterocycles. The fourth-order valence-electron chi connectivity index (χ4n) is 3.45. The highest BCUT2D eigenvalue weighted by Gasteiger charge is 2.35. The maximum atomic E-state index is 12.9. The third-order valence-corrected chi connectivity index (χ3v) is 5.08. The Labute approximate surface area is 179 Å². The number of carbonyl (C=O) groups is 2. The van der Waals surface area contributed by atoms with Crippen LogP contribution in [0.4, 0.5) is 0 Å². The first-order valence-corrected chi connectivity index (χ1v) is 9.87. The van der Waals surface area contributed by atoms with Gasteiger partial charge in [0.05, 0.1) is 19.1 Å². The minimum Gasteiger partial charge on any atom is -0.496 e. The summed E-state index contributed by atoms with van der Waals surface area (Å²) in [5.41, 5.74) is 3.10. The van der Waals surface area contributed by atoms with Crippen molar-refractivity contribution < 1.29 is 23.5 Å². The molecule has 2 heterocycles. The molecule has 1 aliphatic heterocycles. The molecule has 1 amide bonds. The van der Waals surface area contributed by atoms with E-state index in [0.717, 1.165) is 16.8 Å². The van der Waals surface area contributed by atoms with Crippen LogP contribution in [0.15, 0.2) is 76.4 Å². The van der Waals surface area contributed by atoms with E-state index >= 15 is 0 Å². The first kappa shape index (κ1) is 20.4. The number of rotatable bonds is 6. The molecule has 2 aromatic carbocycles. The summed E-state index contributed by atoms with van der Waals surface area (Å²) in [6, 6.07) is 17.8. The van der Waals surface area contributed by atoms with Crippen LogP contribution in [0.2, 0.25) is 0 Å². The van der Waals surface area contributed by atoms with Gasteiger partial charge in [-0.15, -0.1) is 0 Å². The number of benzene rings is 2. The number of furan rings is 1. The Morgan fingerprint density at radius 1 is 1.10 bits per heavy atom. The maximum Gasteiger partial charge on any atom is 0.342 e. The van der Waals surface area contributed by atoms with Crippen molar-refractivity contribution in [3.8, 4) is 5.75 Å². The SMILES string of the molecule is COc1ccccc1C(=O)OCC(=O)N1N=C(c2ccc(C)cc2)C[C@@H]1c1ccco1. The van der Waals surface area contributed by atoms with Crippen LogP contribution in [0.5, 0.6) is 5.75 Å². The number of carbonyl (C=O) groups excluding carboxylic acids is 2. The summed E-state index contributed by atoms with van der Waals surface area (Å²) in [4.78, 5) is 25.4. The van der Waals surface area contributed by atoms with Gasteiger partial charge in [-0.3, -0.25) is 4.79 Å². The molecule has 0 radical (unpaired) electrons. The van der Waals surface area contributed by atoms with Crippen LogP contribution < -0.4 is 4.74 Å². The van der Waals surface area contributed by atoms with Crippen molar-refractivity contribution in [2.75, 3.05) is 13.7 Å². The minimum atomic E-state index is -0.637. The highest BCUT2D eigenvalue weighted by Crippen LogP contribution is 2.33. The molecule has 0 saturated heterocycles. The molecule has 3 aromatic rings. The van der Waals surface area contributed by atoms with Crippen LogP contribution >= 0.6 is 0 Å². The van der Waals surface area contributed by atoms with Gasteiger partial charge in [-0.25, -0.2) is 9.80 Å². The number of nitrogens with zero attached hydrogens (tertiary/aromatic N) is 2. The van der Waals surface area contributed by atoms with E-state index in [0.29, 0.717) is 17.9 Å². The fraction of sp³-hybridized carbons (Fsp3) is 0.208. The molecule has 4 rings (SSSR count). The molecule has 0 aliphatic carbocycles. The Bertz CT molecular complexity index is 1100. The van der Waals surface area contributed by atoms with E-state index in [9.17, 15) is 9.59 Å². The van der Waals surface area contributed by atoms with Gasteiger partial charge in [0.15, 0.2) is 6.61 Å². The fourth-order valence-corrected chi connectivity index (χ4v) is 3.45. The zero-order valence-corrected chi connectivity index (χ0v) is 17.3. The van der Waals surface area contributed by atoms with Crippen molar-refractivity contribution in [3.63, 3.8) is 0 Å². The summed E-state index contributed by atoms with van der Waals surface area (Å²) < 4.78 is 16.0. The standard InChI is InChI=1S/C24H22N2O5/c1-16-9-11-17(12-10-16)19-14-20(22-8-5-13-30-22)26(25-19)23(27)15-31-24(28)18-6-3-4-7-21(18)29-2/h3-13,20H,14-15H2,1-2H3/t20-/m1/s1. The van der Waals surface area contributed by atoms with Crippen molar-refractivity contribution in [1.29, 1.82) is 0 Å². The Hall–Kier alpha value is -3.87. The van der Waals surface area contributed by atoms with Gasteiger partial charge >= 0.3 is 5.97 Å². The van der Waals surface area contributed by atoms with Gasteiger partial charge in [0.25, 0.3) is 5.91 Å². The number of esters is 1. The molecular formula is C24H22N2O5. The highest BCUT2D eigenvalue weighted by molar-refractivity contribution is 6.03. The Kier molecular flexibility index (Phi) is 5.84. The average Bonchev–Trinajstić information content (AvgIpc) is 3.47. The lowest BCUT2D eigenvalue weighted by molar-refractivity contribution is -0.136. The molecule has 0 unspecified atom stereocenters. The van der Waals surface area contributed by atoms with Crippen molar-refractivity contribution in [2.24, 2.45) is 5.10 Å². The molecule has 31 heavy (non-hydrogen) atoms. The van der Waals surface area contributed by atoms with Crippen molar-refractivity contribution >= 4 is 17.6 Å². The summed E-state index contributed by atoms with van der Waals surface area (Å²) in [5.74, 6) is -0.0708. The van der Waals surface area contributed by atoms with E-state index in [4.69, 9.17) is 13.9 Å². The van der Waals surface area contributed by atoms with E-state index in [1.165, 1.54) is 12.1 Å². The van der Waals surface area contributed by atoms with Gasteiger partial charge in [-0.1, -0.05) is 42.0 Å². The molecular weight excluding hydrogens is 396 g/mol. The normalized spacial score (nSPS) is 15.5. The molecule has 0 N–H and O–H groups in total. The minimum absolute atomic E-state index is 0.255. The number of hydrazone groups is 1. The Morgan fingerprint density at radius 2 is 1.87 bits per heavy atom. The number of methoxy groups -OCH3 is 1. The molecule has 1 atom stereocenters. The van der Waals surface area contributed by atoms with Crippen molar-refractivity contribution in [1.82, 2.24) is 5.01 Å². The molecule has 7 nitrogen and oxygen atoms in total. The first-order valence-electron chi connectivity index (χ1n) is 9.87. The van der Waals surface area contributed by atoms with Gasteiger partial charge < -0.3 is 13.9 Å². The predicted molar refractivity (Wildman–Crippen MR) is 114 cm³/mol. The Balaban J connectivity index is 1.52. The lowest BCUT2D eigenvalue weighted by Crippen LogP contribution is -2.31. The first-order chi connectivity index (χ1) is 15.1. The summed E-state index contributed by atoms with van der Waals surface area (Å²) >= 11 is 0. The summed E-state index contributed by atoms with van der Waals surface area (Å²) in [6.45, 7) is 1.57. The second-order valence-corrected chi connectivity index (χ2v) is 7.16. The summed E-state index contributed by atoms with van der Waals surface area (Å²) in [6.07, 6.45) is 2.06. The van der Waals surface area contributed by atoms with E-state index in [1.54, 1.807) is 42.7 Å². The van der Waals surface area contributed by atoms with Gasteiger partial charge in [0.1, 0.15) is 23.1 Å². The Morgan fingerprint density at radius 3 is 2.58 bits per heavy atom. The number of hydrogen-bond donors (Lipinski definition) is 0. The second kappa shape index (κ2) is 8.87. The van der Waals surface area contributed by atoms with Crippen LogP contribution in [0.25, 0.3) is 0 Å². The quantitative estimate of drug-likeness (QED) is 0.562. The predicted octanol–water partition coefficient (Wildman–Crippen LogP) is 4.13. The molecule has 7 heteroatoms. The van der Waals surface area contributed by atoms with Crippen molar-refractivity contribution in [2.45, 2.75) is 19.4 Å². The summed E-state index contributed by atoms with van der Waals surface area (Å²) in [5, 5.41) is 5.87. The van der Waals surface area contributed by atoms with Gasteiger partial charge in [0.2, 0.25) is 0 Å². The molecule has 0 fully saturated rings.